The van der Waals surface area contributed by atoms with Crippen LogP contribution in [0, 0.1) is 6.92 Å². The van der Waals surface area contributed by atoms with Gasteiger partial charge in [0.1, 0.15) is 5.75 Å². The summed E-state index contributed by atoms with van der Waals surface area (Å²) in [5.74, 6) is -0.509. The van der Waals surface area contributed by atoms with Crippen LogP contribution in [0.15, 0.2) is 48.5 Å². The smallest absolute Gasteiger partial charge is 0.307 e. The summed E-state index contributed by atoms with van der Waals surface area (Å²) in [6.45, 7) is 2.24. The molecular weight excluding hydrogens is 342 g/mol. The molecule has 0 radical (unpaired) electrons. The van der Waals surface area contributed by atoms with Gasteiger partial charge < -0.3 is 15.2 Å². The number of rotatable bonds is 8. The summed E-state index contributed by atoms with van der Waals surface area (Å²) in [5, 5.41) is 0.675. The first-order chi connectivity index (χ1) is 12.0. The maximum Gasteiger partial charge on any atom is 0.307 e. The van der Waals surface area contributed by atoms with E-state index in [-0.39, 0.29) is 6.42 Å². The number of carbonyl (C=O) groups is 2. The molecule has 0 fully saturated rings. The van der Waals surface area contributed by atoms with E-state index in [1.807, 2.05) is 13.0 Å². The third-order valence-electron chi connectivity index (χ3n) is 3.53. The van der Waals surface area contributed by atoms with Gasteiger partial charge in [0.2, 0.25) is 6.10 Å². The van der Waals surface area contributed by atoms with Crippen LogP contribution in [0.2, 0.25) is 5.02 Å². The number of carbonyl (C=O) groups excluding carboxylic acids is 2. The lowest BCUT2D eigenvalue weighted by Gasteiger charge is -2.15. The SMILES string of the molecule is Cc1cc(OCCCC(=O)OC(C(N)=O)c2ccccc2)ccc1Cl. The molecule has 1 atom stereocenters. The first-order valence-electron chi connectivity index (χ1n) is 7.90. The van der Waals surface area contributed by atoms with E-state index < -0.39 is 18.0 Å². The highest BCUT2D eigenvalue weighted by Gasteiger charge is 2.22. The average Bonchev–Trinajstić information content (AvgIpc) is 2.60. The molecule has 0 spiro atoms. The van der Waals surface area contributed by atoms with E-state index >= 15 is 0 Å². The second-order valence-electron chi connectivity index (χ2n) is 5.55. The van der Waals surface area contributed by atoms with Gasteiger partial charge in [0.15, 0.2) is 0 Å². The van der Waals surface area contributed by atoms with Crippen LogP contribution in [-0.4, -0.2) is 18.5 Å². The lowest BCUT2D eigenvalue weighted by atomic mass is 10.1. The third-order valence-corrected chi connectivity index (χ3v) is 3.96. The standard InChI is InChI=1S/C19H20ClNO4/c1-13-12-15(9-10-16(13)20)24-11-5-8-17(22)25-18(19(21)23)14-6-3-2-4-7-14/h2-4,6-7,9-10,12,18H,5,8,11H2,1H3,(H2,21,23). The molecule has 0 aliphatic carbocycles. The Balaban J connectivity index is 1.79. The average molecular weight is 362 g/mol. The van der Waals surface area contributed by atoms with Crippen molar-refractivity contribution in [1.29, 1.82) is 0 Å². The largest absolute Gasteiger partial charge is 0.494 e. The van der Waals surface area contributed by atoms with Crippen molar-refractivity contribution < 1.29 is 19.1 Å². The van der Waals surface area contributed by atoms with E-state index in [1.165, 1.54) is 0 Å². The van der Waals surface area contributed by atoms with Crippen molar-refractivity contribution in [3.63, 3.8) is 0 Å². The fourth-order valence-corrected chi connectivity index (χ4v) is 2.34. The molecule has 0 aliphatic heterocycles. The number of nitrogens with two attached hydrogens (primary N) is 1. The third kappa shape index (κ3) is 5.80. The number of esters is 1. The molecule has 2 aromatic carbocycles. The van der Waals surface area contributed by atoms with Crippen molar-refractivity contribution in [1.82, 2.24) is 0 Å². The molecule has 0 saturated carbocycles. The molecule has 5 nitrogen and oxygen atoms in total. The predicted molar refractivity (Wildman–Crippen MR) is 95.4 cm³/mol. The number of halogens is 1. The Morgan fingerprint density at radius 1 is 1.16 bits per heavy atom. The second kappa shape index (κ2) is 9.08. The normalized spacial score (nSPS) is 11.6. The van der Waals surface area contributed by atoms with Crippen LogP contribution in [0.25, 0.3) is 0 Å². The van der Waals surface area contributed by atoms with Gasteiger partial charge in [-0.05, 0) is 37.1 Å². The van der Waals surface area contributed by atoms with Gasteiger partial charge in [0.05, 0.1) is 6.61 Å². The highest BCUT2D eigenvalue weighted by Crippen LogP contribution is 2.21. The molecule has 25 heavy (non-hydrogen) atoms. The first-order valence-corrected chi connectivity index (χ1v) is 8.28. The number of benzene rings is 2. The summed E-state index contributed by atoms with van der Waals surface area (Å²) in [4.78, 5) is 23.5. The predicted octanol–water partition coefficient (Wildman–Crippen LogP) is 3.58. The fourth-order valence-electron chi connectivity index (χ4n) is 2.22. The van der Waals surface area contributed by atoms with Crippen molar-refractivity contribution in [2.45, 2.75) is 25.9 Å². The molecule has 6 heteroatoms. The van der Waals surface area contributed by atoms with Crippen molar-refractivity contribution in [2.75, 3.05) is 6.61 Å². The van der Waals surface area contributed by atoms with E-state index in [4.69, 9.17) is 26.8 Å². The zero-order chi connectivity index (χ0) is 18.2. The number of ether oxygens (including phenoxy) is 2. The summed E-state index contributed by atoms with van der Waals surface area (Å²) in [6.07, 6.45) is -0.488. The van der Waals surface area contributed by atoms with Gasteiger partial charge in [0, 0.05) is 17.0 Å². The summed E-state index contributed by atoms with van der Waals surface area (Å²) in [7, 11) is 0. The molecule has 2 N–H and O–H groups in total. The highest BCUT2D eigenvalue weighted by molar-refractivity contribution is 6.31. The monoisotopic (exact) mass is 361 g/mol. The van der Waals surface area contributed by atoms with Gasteiger partial charge in [-0.3, -0.25) is 9.59 Å². The lowest BCUT2D eigenvalue weighted by Crippen LogP contribution is -2.26. The fraction of sp³-hybridized carbons (Fsp3) is 0.263. The van der Waals surface area contributed by atoms with Crippen molar-refractivity contribution in [2.24, 2.45) is 5.73 Å². The molecule has 0 saturated heterocycles. The van der Waals surface area contributed by atoms with Crippen molar-refractivity contribution >= 4 is 23.5 Å². The van der Waals surface area contributed by atoms with Crippen molar-refractivity contribution in [3.8, 4) is 5.75 Å². The van der Waals surface area contributed by atoms with Crippen LogP contribution in [0.3, 0.4) is 0 Å². The molecule has 0 aromatic heterocycles. The minimum Gasteiger partial charge on any atom is -0.494 e. The van der Waals surface area contributed by atoms with Crippen LogP contribution >= 0.6 is 11.6 Å². The van der Waals surface area contributed by atoms with Gasteiger partial charge >= 0.3 is 5.97 Å². The highest BCUT2D eigenvalue weighted by atomic mass is 35.5. The lowest BCUT2D eigenvalue weighted by molar-refractivity contribution is -0.155. The van der Waals surface area contributed by atoms with Crippen LogP contribution in [0.4, 0.5) is 0 Å². The molecular formula is C19H20ClNO4. The zero-order valence-corrected chi connectivity index (χ0v) is 14.7. The maximum atomic E-state index is 11.9. The van der Waals surface area contributed by atoms with Gasteiger partial charge in [-0.25, -0.2) is 0 Å². The Morgan fingerprint density at radius 2 is 1.88 bits per heavy atom. The summed E-state index contributed by atoms with van der Waals surface area (Å²) < 4.78 is 10.8. The number of primary amides is 1. The van der Waals surface area contributed by atoms with Crippen LogP contribution < -0.4 is 10.5 Å². The van der Waals surface area contributed by atoms with Crippen molar-refractivity contribution in [3.05, 3.63) is 64.7 Å². The topological polar surface area (TPSA) is 78.6 Å². The molecule has 2 aromatic rings. The number of hydrogen-bond acceptors (Lipinski definition) is 4. The Labute approximate surface area is 151 Å². The second-order valence-corrected chi connectivity index (χ2v) is 5.95. The minimum absolute atomic E-state index is 0.128. The number of aryl methyl sites for hydroxylation is 1. The zero-order valence-electron chi connectivity index (χ0n) is 13.9. The quantitative estimate of drug-likeness (QED) is 0.575. The molecule has 0 bridgehead atoms. The molecule has 1 unspecified atom stereocenters. The minimum atomic E-state index is -1.08. The van der Waals surface area contributed by atoms with Crippen LogP contribution in [-0.2, 0) is 14.3 Å². The number of hydrogen-bond donors (Lipinski definition) is 1. The van der Waals surface area contributed by atoms with Crippen LogP contribution in [0.5, 0.6) is 5.75 Å². The van der Waals surface area contributed by atoms with Gasteiger partial charge in [-0.2, -0.15) is 0 Å². The van der Waals surface area contributed by atoms with E-state index in [1.54, 1.807) is 42.5 Å². The summed E-state index contributed by atoms with van der Waals surface area (Å²) in [6, 6.07) is 14.0. The van der Waals surface area contributed by atoms with Gasteiger partial charge in [0.25, 0.3) is 5.91 Å². The molecule has 132 valence electrons. The Morgan fingerprint density at radius 3 is 2.52 bits per heavy atom. The Kier molecular flexibility index (Phi) is 6.83. The van der Waals surface area contributed by atoms with E-state index in [0.29, 0.717) is 29.4 Å². The molecule has 2 rings (SSSR count). The number of amides is 1. The van der Waals surface area contributed by atoms with E-state index in [0.717, 1.165) is 5.56 Å². The Bertz CT molecular complexity index is 733. The molecule has 0 aliphatic rings. The maximum absolute atomic E-state index is 11.9. The summed E-state index contributed by atoms with van der Waals surface area (Å²) >= 11 is 5.95. The van der Waals surface area contributed by atoms with Gasteiger partial charge in [-0.1, -0.05) is 41.9 Å². The van der Waals surface area contributed by atoms with Gasteiger partial charge in [-0.15, -0.1) is 0 Å². The molecule has 1 amide bonds. The first kappa shape index (κ1) is 18.8. The summed E-state index contributed by atoms with van der Waals surface area (Å²) in [5.41, 5.74) is 6.80. The van der Waals surface area contributed by atoms with E-state index in [9.17, 15) is 9.59 Å². The molecule has 0 heterocycles. The van der Waals surface area contributed by atoms with Crippen LogP contribution in [0.1, 0.15) is 30.1 Å². The van der Waals surface area contributed by atoms with E-state index in [2.05, 4.69) is 0 Å². The Hall–Kier alpha value is -2.53.